The van der Waals surface area contributed by atoms with Gasteiger partial charge in [0.15, 0.2) is 0 Å². The van der Waals surface area contributed by atoms with E-state index in [-0.39, 0.29) is 5.54 Å². The third kappa shape index (κ3) is 2.45. The van der Waals surface area contributed by atoms with Gasteiger partial charge in [-0.3, -0.25) is 9.69 Å². The Hall–Kier alpha value is -0.610. The van der Waals surface area contributed by atoms with Crippen molar-refractivity contribution in [1.29, 1.82) is 0 Å². The predicted molar refractivity (Wildman–Crippen MR) is 55.0 cm³/mol. The summed E-state index contributed by atoms with van der Waals surface area (Å²) in [6.45, 7) is 7.88. The maximum absolute atomic E-state index is 10.6. The fourth-order valence-corrected chi connectivity index (χ4v) is 2.31. The van der Waals surface area contributed by atoms with E-state index in [0.717, 1.165) is 13.0 Å². The Morgan fingerprint density at radius 3 is 2.64 bits per heavy atom. The highest BCUT2D eigenvalue weighted by atomic mass is 16.4. The first-order valence-corrected chi connectivity index (χ1v) is 5.06. The summed E-state index contributed by atoms with van der Waals surface area (Å²) < 4.78 is 0. The van der Waals surface area contributed by atoms with Crippen LogP contribution in [0.4, 0.5) is 0 Å². The van der Waals surface area contributed by atoms with E-state index in [2.05, 4.69) is 25.7 Å². The van der Waals surface area contributed by atoms with Crippen molar-refractivity contribution in [3.05, 3.63) is 0 Å². The zero-order chi connectivity index (χ0) is 10.9. The average Bonchev–Trinajstić information content (AvgIpc) is 2.24. The minimum absolute atomic E-state index is 0.0898. The van der Waals surface area contributed by atoms with Crippen molar-refractivity contribution in [3.63, 3.8) is 0 Å². The lowest BCUT2D eigenvalue weighted by Crippen LogP contribution is -2.48. The van der Waals surface area contributed by atoms with Gasteiger partial charge in [-0.15, -0.1) is 0 Å². The second-order valence-corrected chi connectivity index (χ2v) is 4.97. The summed E-state index contributed by atoms with van der Waals surface area (Å²) in [6, 6.07) is -0.764. The van der Waals surface area contributed by atoms with Crippen molar-refractivity contribution in [2.75, 3.05) is 13.1 Å². The number of hydrogen-bond donors (Lipinski definition) is 2. The Balaban J connectivity index is 2.56. The minimum Gasteiger partial charge on any atom is -0.480 e. The number of likely N-dealkylation sites (tertiary alicyclic amines) is 1. The lowest BCUT2D eigenvalue weighted by molar-refractivity contribution is -0.139. The fourth-order valence-electron chi connectivity index (χ4n) is 2.31. The highest BCUT2D eigenvalue weighted by molar-refractivity contribution is 5.73. The molecule has 0 aromatic carbocycles. The fraction of sp³-hybridized carbons (Fsp3) is 0.900. The third-order valence-corrected chi connectivity index (χ3v) is 2.97. The van der Waals surface area contributed by atoms with Gasteiger partial charge >= 0.3 is 5.97 Å². The van der Waals surface area contributed by atoms with Crippen LogP contribution in [0, 0.1) is 5.92 Å². The SMILES string of the molecule is CC1CN(CC(N)C(=O)O)C(C)(C)C1. The van der Waals surface area contributed by atoms with Gasteiger partial charge in [0, 0.05) is 18.6 Å². The third-order valence-electron chi connectivity index (χ3n) is 2.97. The molecule has 2 atom stereocenters. The number of nitrogens with two attached hydrogens (primary N) is 1. The first-order chi connectivity index (χ1) is 6.33. The summed E-state index contributed by atoms with van der Waals surface area (Å²) in [4.78, 5) is 12.8. The Bertz CT molecular complexity index is 228. The molecule has 1 fully saturated rings. The van der Waals surface area contributed by atoms with Gasteiger partial charge in [-0.1, -0.05) is 6.92 Å². The van der Waals surface area contributed by atoms with Crippen LogP contribution in [0.1, 0.15) is 27.2 Å². The van der Waals surface area contributed by atoms with Gasteiger partial charge in [-0.05, 0) is 26.2 Å². The standard InChI is InChI=1S/C10H20N2O2/c1-7-4-10(2,3)12(5-7)6-8(11)9(13)14/h7-8H,4-6,11H2,1-3H3,(H,13,14). The van der Waals surface area contributed by atoms with Crippen molar-refractivity contribution in [2.45, 2.75) is 38.8 Å². The molecule has 0 aromatic heterocycles. The van der Waals surface area contributed by atoms with Crippen LogP contribution in [-0.2, 0) is 4.79 Å². The number of nitrogens with zero attached hydrogens (tertiary/aromatic N) is 1. The van der Waals surface area contributed by atoms with Crippen LogP contribution >= 0.6 is 0 Å². The summed E-state index contributed by atoms with van der Waals surface area (Å²) >= 11 is 0. The van der Waals surface area contributed by atoms with Crippen LogP contribution in [0.5, 0.6) is 0 Å². The number of carboxylic acids is 1. The van der Waals surface area contributed by atoms with Crippen LogP contribution in [0.2, 0.25) is 0 Å². The van der Waals surface area contributed by atoms with E-state index in [1.165, 1.54) is 0 Å². The molecule has 0 aliphatic carbocycles. The molecule has 1 rings (SSSR count). The van der Waals surface area contributed by atoms with Gasteiger partial charge in [-0.25, -0.2) is 0 Å². The lowest BCUT2D eigenvalue weighted by Gasteiger charge is -2.32. The van der Waals surface area contributed by atoms with Gasteiger partial charge in [-0.2, -0.15) is 0 Å². The van der Waals surface area contributed by atoms with Crippen LogP contribution in [0.15, 0.2) is 0 Å². The summed E-state index contributed by atoms with van der Waals surface area (Å²) in [5, 5.41) is 8.73. The van der Waals surface area contributed by atoms with Gasteiger partial charge in [0.05, 0.1) is 0 Å². The number of carbonyl (C=O) groups is 1. The van der Waals surface area contributed by atoms with Gasteiger partial charge < -0.3 is 10.8 Å². The molecule has 2 unspecified atom stereocenters. The number of hydrogen-bond acceptors (Lipinski definition) is 3. The Morgan fingerprint density at radius 2 is 2.29 bits per heavy atom. The van der Waals surface area contributed by atoms with Gasteiger partial charge in [0.2, 0.25) is 0 Å². The molecule has 0 saturated carbocycles. The molecule has 0 spiro atoms. The quantitative estimate of drug-likeness (QED) is 0.697. The van der Waals surface area contributed by atoms with Crippen LogP contribution < -0.4 is 5.73 Å². The lowest BCUT2D eigenvalue weighted by atomic mass is 9.97. The van der Waals surface area contributed by atoms with Crippen molar-refractivity contribution < 1.29 is 9.90 Å². The smallest absolute Gasteiger partial charge is 0.321 e. The summed E-state index contributed by atoms with van der Waals surface area (Å²) in [7, 11) is 0. The number of aliphatic carboxylic acids is 1. The van der Waals surface area contributed by atoms with E-state index in [9.17, 15) is 4.79 Å². The molecule has 0 amide bonds. The molecule has 1 heterocycles. The molecule has 14 heavy (non-hydrogen) atoms. The van der Waals surface area contributed by atoms with Crippen molar-refractivity contribution in [3.8, 4) is 0 Å². The Kier molecular flexibility index (Phi) is 3.17. The molecule has 1 aliphatic heterocycles. The van der Waals surface area contributed by atoms with E-state index >= 15 is 0 Å². The van der Waals surface area contributed by atoms with E-state index in [1.54, 1.807) is 0 Å². The molecule has 0 aromatic rings. The zero-order valence-corrected chi connectivity index (χ0v) is 9.16. The second-order valence-electron chi connectivity index (χ2n) is 4.97. The second kappa shape index (κ2) is 3.87. The molecular formula is C10H20N2O2. The van der Waals surface area contributed by atoms with E-state index in [4.69, 9.17) is 10.8 Å². The number of rotatable bonds is 3. The van der Waals surface area contributed by atoms with E-state index in [1.807, 2.05) is 0 Å². The topological polar surface area (TPSA) is 66.6 Å². The minimum atomic E-state index is -0.916. The van der Waals surface area contributed by atoms with Crippen molar-refractivity contribution >= 4 is 5.97 Å². The van der Waals surface area contributed by atoms with Crippen molar-refractivity contribution in [1.82, 2.24) is 4.90 Å². The highest BCUT2D eigenvalue weighted by Crippen LogP contribution is 2.31. The largest absolute Gasteiger partial charge is 0.480 e. The van der Waals surface area contributed by atoms with Gasteiger partial charge in [0.25, 0.3) is 0 Å². The van der Waals surface area contributed by atoms with E-state index in [0.29, 0.717) is 12.5 Å². The number of carboxylic acid groups (broad SMARTS) is 1. The molecule has 4 nitrogen and oxygen atoms in total. The summed E-state index contributed by atoms with van der Waals surface area (Å²) in [5.74, 6) is -0.286. The maximum atomic E-state index is 10.6. The molecule has 4 heteroatoms. The normalized spacial score (nSPS) is 29.0. The average molecular weight is 200 g/mol. The van der Waals surface area contributed by atoms with E-state index < -0.39 is 12.0 Å². The zero-order valence-electron chi connectivity index (χ0n) is 9.16. The Morgan fingerprint density at radius 1 is 1.71 bits per heavy atom. The molecular weight excluding hydrogens is 180 g/mol. The molecule has 0 bridgehead atoms. The van der Waals surface area contributed by atoms with Crippen LogP contribution in [0.3, 0.4) is 0 Å². The predicted octanol–water partition coefficient (Wildman–Crippen LogP) is 0.519. The molecule has 82 valence electrons. The Labute approximate surface area is 85.1 Å². The highest BCUT2D eigenvalue weighted by Gasteiger charge is 2.37. The molecule has 3 N–H and O–H groups in total. The van der Waals surface area contributed by atoms with Crippen LogP contribution in [-0.4, -0.2) is 40.6 Å². The maximum Gasteiger partial charge on any atom is 0.321 e. The van der Waals surface area contributed by atoms with Crippen LogP contribution in [0.25, 0.3) is 0 Å². The van der Waals surface area contributed by atoms with Crippen molar-refractivity contribution in [2.24, 2.45) is 11.7 Å². The molecule has 1 aliphatic rings. The molecule has 0 radical (unpaired) electrons. The van der Waals surface area contributed by atoms with Gasteiger partial charge in [0.1, 0.15) is 6.04 Å². The summed E-state index contributed by atoms with van der Waals surface area (Å²) in [5.41, 5.74) is 5.61. The monoisotopic (exact) mass is 200 g/mol. The summed E-state index contributed by atoms with van der Waals surface area (Å²) in [6.07, 6.45) is 1.11. The molecule has 1 saturated heterocycles. The first-order valence-electron chi connectivity index (χ1n) is 5.06. The first kappa shape index (κ1) is 11.5.